The van der Waals surface area contributed by atoms with Crippen molar-refractivity contribution in [3.05, 3.63) is 68.7 Å². The van der Waals surface area contributed by atoms with Crippen LogP contribution in [-0.2, 0) is 28.6 Å². The van der Waals surface area contributed by atoms with E-state index in [1.54, 1.807) is 18.2 Å². The van der Waals surface area contributed by atoms with Crippen LogP contribution in [0.1, 0.15) is 41.6 Å². The lowest BCUT2D eigenvalue weighted by Gasteiger charge is -2.16. The highest BCUT2D eigenvalue weighted by Crippen LogP contribution is 2.28. The van der Waals surface area contributed by atoms with Crippen LogP contribution in [0.25, 0.3) is 0 Å². The van der Waals surface area contributed by atoms with Gasteiger partial charge in [-0.2, -0.15) is 0 Å². The predicted molar refractivity (Wildman–Crippen MR) is 99.1 cm³/mol. The van der Waals surface area contributed by atoms with Gasteiger partial charge in [-0.3, -0.25) is 0 Å². The molecule has 2 aromatic rings. The van der Waals surface area contributed by atoms with E-state index in [1.165, 1.54) is 17.5 Å². The molecule has 0 spiro atoms. The van der Waals surface area contributed by atoms with Gasteiger partial charge in [0, 0.05) is 21.7 Å². The van der Waals surface area contributed by atoms with Crippen molar-refractivity contribution in [3.63, 3.8) is 0 Å². The third-order valence-corrected chi connectivity index (χ3v) is 6.46. The minimum absolute atomic E-state index is 0.235. The monoisotopic (exact) mass is 383 g/mol. The van der Waals surface area contributed by atoms with Crippen LogP contribution in [0.15, 0.2) is 36.4 Å². The molecule has 128 valence electrons. The van der Waals surface area contributed by atoms with Crippen molar-refractivity contribution in [2.45, 2.75) is 38.0 Å². The van der Waals surface area contributed by atoms with Crippen LogP contribution in [0, 0.1) is 0 Å². The van der Waals surface area contributed by atoms with Gasteiger partial charge in [0.2, 0.25) is 10.0 Å². The number of sulfonamides is 1. The number of halogens is 2. The van der Waals surface area contributed by atoms with Gasteiger partial charge in [0.15, 0.2) is 0 Å². The number of aryl methyl sites for hydroxylation is 2. The maximum absolute atomic E-state index is 12.5. The molecule has 0 heterocycles. The first-order chi connectivity index (χ1) is 11.4. The first kappa shape index (κ1) is 17.7. The molecule has 1 aliphatic rings. The zero-order chi connectivity index (χ0) is 17.3. The van der Waals surface area contributed by atoms with Gasteiger partial charge in [-0.25, -0.2) is 13.1 Å². The van der Waals surface area contributed by atoms with Crippen molar-refractivity contribution >= 4 is 33.2 Å². The highest BCUT2D eigenvalue weighted by Gasteiger charge is 2.21. The molecule has 0 amide bonds. The summed E-state index contributed by atoms with van der Waals surface area (Å²) < 4.78 is 27.7. The quantitative estimate of drug-likeness (QED) is 0.815. The zero-order valence-electron chi connectivity index (χ0n) is 13.4. The fourth-order valence-electron chi connectivity index (χ4n) is 3.10. The smallest absolute Gasteiger partial charge is 0.212 e. The topological polar surface area (TPSA) is 46.2 Å². The first-order valence-electron chi connectivity index (χ1n) is 7.90. The molecule has 24 heavy (non-hydrogen) atoms. The van der Waals surface area contributed by atoms with E-state index in [2.05, 4.69) is 16.9 Å². The van der Waals surface area contributed by atoms with Crippen LogP contribution in [0.3, 0.4) is 0 Å². The summed E-state index contributed by atoms with van der Waals surface area (Å²) in [6, 6.07) is 10.9. The Morgan fingerprint density at radius 2 is 1.75 bits per heavy atom. The van der Waals surface area contributed by atoms with Gasteiger partial charge >= 0.3 is 0 Å². The number of hydrogen-bond donors (Lipinski definition) is 1. The summed E-state index contributed by atoms with van der Waals surface area (Å²) in [5, 5.41) is 0.719. The van der Waals surface area contributed by atoms with Crippen molar-refractivity contribution in [1.29, 1.82) is 0 Å². The van der Waals surface area contributed by atoms with Gasteiger partial charge in [-0.05, 0) is 55.0 Å². The Kier molecular flexibility index (Phi) is 5.21. The molecule has 0 aliphatic heterocycles. The van der Waals surface area contributed by atoms with Gasteiger partial charge < -0.3 is 0 Å². The molecule has 0 fully saturated rings. The Morgan fingerprint density at radius 3 is 2.46 bits per heavy atom. The van der Waals surface area contributed by atoms with Crippen molar-refractivity contribution in [3.8, 4) is 0 Å². The normalized spacial score (nSPS) is 15.3. The standard InChI is InChI=1S/C18H19Cl2NO2S/c1-12(14-9-8-13-4-2-5-15(13)10-14)21-24(22,23)11-16-17(19)6-3-7-18(16)20/h3,6-10,12,21H,2,4-5,11H2,1H3/t12-/m1/s1. The maximum Gasteiger partial charge on any atom is 0.216 e. The van der Waals surface area contributed by atoms with Gasteiger partial charge in [0.05, 0.1) is 5.75 Å². The van der Waals surface area contributed by atoms with E-state index in [9.17, 15) is 8.42 Å². The lowest BCUT2D eigenvalue weighted by atomic mass is 10.0. The van der Waals surface area contributed by atoms with Crippen molar-refractivity contribution in [2.24, 2.45) is 0 Å². The summed E-state index contributed by atoms with van der Waals surface area (Å²) in [7, 11) is -3.56. The lowest BCUT2D eigenvalue weighted by Crippen LogP contribution is -2.28. The number of rotatable bonds is 5. The first-order valence-corrected chi connectivity index (χ1v) is 10.3. The summed E-state index contributed by atoms with van der Waals surface area (Å²) in [5.74, 6) is -0.235. The van der Waals surface area contributed by atoms with Crippen LogP contribution in [0.5, 0.6) is 0 Å². The van der Waals surface area contributed by atoms with Crippen molar-refractivity contribution in [1.82, 2.24) is 4.72 Å². The van der Waals surface area contributed by atoms with Gasteiger partial charge in [-0.15, -0.1) is 0 Å². The molecule has 3 rings (SSSR count). The van der Waals surface area contributed by atoms with Gasteiger partial charge in [0.1, 0.15) is 0 Å². The van der Waals surface area contributed by atoms with Crippen molar-refractivity contribution < 1.29 is 8.42 Å². The average molecular weight is 384 g/mol. The molecule has 0 bridgehead atoms. The van der Waals surface area contributed by atoms with Crippen LogP contribution in [-0.4, -0.2) is 8.42 Å². The summed E-state index contributed by atoms with van der Waals surface area (Å²) in [5.41, 5.74) is 4.10. The molecule has 0 saturated carbocycles. The molecule has 0 unspecified atom stereocenters. The Hall–Kier alpha value is -1.07. The lowest BCUT2D eigenvalue weighted by molar-refractivity contribution is 0.566. The Balaban J connectivity index is 1.76. The van der Waals surface area contributed by atoms with Crippen LogP contribution >= 0.6 is 23.2 Å². The third-order valence-electron chi connectivity index (χ3n) is 4.37. The molecule has 1 atom stereocenters. The maximum atomic E-state index is 12.5. The van der Waals surface area contributed by atoms with E-state index in [0.29, 0.717) is 15.6 Å². The molecule has 2 aromatic carbocycles. The number of nitrogens with one attached hydrogen (secondary N) is 1. The number of hydrogen-bond acceptors (Lipinski definition) is 2. The van der Waals surface area contributed by atoms with E-state index in [1.807, 2.05) is 13.0 Å². The van der Waals surface area contributed by atoms with Crippen LogP contribution in [0.4, 0.5) is 0 Å². The summed E-state index contributed by atoms with van der Waals surface area (Å²) >= 11 is 12.2. The average Bonchev–Trinajstić information content (AvgIpc) is 2.98. The molecule has 6 heteroatoms. The highest BCUT2D eigenvalue weighted by atomic mass is 35.5. The summed E-state index contributed by atoms with van der Waals surface area (Å²) in [6.07, 6.45) is 3.35. The zero-order valence-corrected chi connectivity index (χ0v) is 15.7. The fraction of sp³-hybridized carbons (Fsp3) is 0.333. The van der Waals surface area contributed by atoms with Crippen LogP contribution in [0.2, 0.25) is 10.0 Å². The molecule has 0 aromatic heterocycles. The molecule has 0 saturated heterocycles. The second-order valence-corrected chi connectivity index (χ2v) is 8.75. The molecule has 0 radical (unpaired) electrons. The minimum atomic E-state index is -3.56. The molecule has 1 N–H and O–H groups in total. The predicted octanol–water partition coefficient (Wildman–Crippen LogP) is 4.66. The third kappa shape index (κ3) is 3.94. The Bertz CT molecular complexity index is 845. The largest absolute Gasteiger partial charge is 0.216 e. The van der Waals surface area contributed by atoms with E-state index in [-0.39, 0.29) is 11.8 Å². The molecule has 1 aliphatic carbocycles. The van der Waals surface area contributed by atoms with Crippen molar-refractivity contribution in [2.75, 3.05) is 0 Å². The summed E-state index contributed by atoms with van der Waals surface area (Å²) in [6.45, 7) is 1.85. The van der Waals surface area contributed by atoms with Gasteiger partial charge in [-0.1, -0.05) is 47.5 Å². The molecular weight excluding hydrogens is 365 g/mol. The number of fused-ring (bicyclic) bond motifs is 1. The van der Waals surface area contributed by atoms with E-state index in [4.69, 9.17) is 23.2 Å². The SMILES string of the molecule is C[C@@H](NS(=O)(=O)Cc1c(Cl)cccc1Cl)c1ccc2c(c1)CCC2. The Labute approximate surface area is 153 Å². The second kappa shape index (κ2) is 7.04. The van der Waals surface area contributed by atoms with Gasteiger partial charge in [0.25, 0.3) is 0 Å². The molecular formula is C18H19Cl2NO2S. The van der Waals surface area contributed by atoms with E-state index >= 15 is 0 Å². The summed E-state index contributed by atoms with van der Waals surface area (Å²) in [4.78, 5) is 0. The molecule has 3 nitrogen and oxygen atoms in total. The van der Waals surface area contributed by atoms with Crippen LogP contribution < -0.4 is 4.72 Å². The Morgan fingerprint density at radius 1 is 1.08 bits per heavy atom. The highest BCUT2D eigenvalue weighted by molar-refractivity contribution is 7.88. The number of benzene rings is 2. The minimum Gasteiger partial charge on any atom is -0.212 e. The van der Waals surface area contributed by atoms with E-state index in [0.717, 1.165) is 18.4 Å². The second-order valence-electron chi connectivity index (χ2n) is 6.18. The fourth-order valence-corrected chi connectivity index (χ4v) is 5.24. The van der Waals surface area contributed by atoms with E-state index < -0.39 is 10.0 Å².